The van der Waals surface area contributed by atoms with Crippen molar-refractivity contribution in [3.63, 3.8) is 0 Å². The van der Waals surface area contributed by atoms with E-state index >= 15 is 0 Å². The van der Waals surface area contributed by atoms with Crippen LogP contribution in [0.3, 0.4) is 0 Å². The maximum absolute atomic E-state index is 11.9. The lowest BCUT2D eigenvalue weighted by molar-refractivity contribution is -0.312. The minimum absolute atomic E-state index is 0.0244. The van der Waals surface area contributed by atoms with E-state index in [1.165, 1.54) is 0 Å². The van der Waals surface area contributed by atoms with Gasteiger partial charge in [0.1, 0.15) is 6.10 Å². The number of carbonyl (C=O) groups excluding carboxylic acids is 1. The predicted molar refractivity (Wildman–Crippen MR) is 101 cm³/mol. The molecule has 1 aromatic carbocycles. The average Bonchev–Trinajstić information content (AvgIpc) is 2.66. The van der Waals surface area contributed by atoms with Crippen molar-refractivity contribution in [2.45, 2.75) is 77.5 Å². The van der Waals surface area contributed by atoms with Crippen LogP contribution in [0.25, 0.3) is 0 Å². The number of benzene rings is 1. The molecule has 4 unspecified atom stereocenters. The minimum atomic E-state index is -0.315. The third-order valence-electron chi connectivity index (χ3n) is 6.31. The number of nitrogens with zero attached hydrogens (tertiary/aromatic N) is 2. The van der Waals surface area contributed by atoms with Crippen LogP contribution in [-0.2, 0) is 14.5 Å². The van der Waals surface area contributed by atoms with Crippen molar-refractivity contribution in [3.8, 4) is 0 Å². The summed E-state index contributed by atoms with van der Waals surface area (Å²) >= 11 is 0. The van der Waals surface area contributed by atoms with E-state index in [0.29, 0.717) is 6.42 Å². The summed E-state index contributed by atoms with van der Waals surface area (Å²) in [7, 11) is 0. The summed E-state index contributed by atoms with van der Waals surface area (Å²) in [6.07, 6.45) is 2.83. The summed E-state index contributed by atoms with van der Waals surface area (Å²) in [5.41, 5.74) is 1.62. The standard InChI is InChI=1S/C21H30N2O3/c1-6-20(4)14-18-17(13-19(24)25-22-18)21(5,7-2)23(20)26-15(3)16-11-9-8-10-12-16/h8-12,15,17H,6-7,13-14H2,1-5H3. The second-order valence-corrected chi connectivity index (χ2v) is 7.99. The molecule has 0 spiro atoms. The van der Waals surface area contributed by atoms with E-state index in [0.717, 1.165) is 30.5 Å². The first-order valence-corrected chi connectivity index (χ1v) is 9.62. The molecular formula is C21H30N2O3. The van der Waals surface area contributed by atoms with Crippen LogP contribution >= 0.6 is 0 Å². The van der Waals surface area contributed by atoms with Crippen molar-refractivity contribution in [1.29, 1.82) is 0 Å². The van der Waals surface area contributed by atoms with Gasteiger partial charge in [-0.2, -0.15) is 5.06 Å². The highest BCUT2D eigenvalue weighted by molar-refractivity contribution is 5.94. The fourth-order valence-electron chi connectivity index (χ4n) is 4.30. The fraction of sp³-hybridized carbons (Fsp3) is 0.619. The summed E-state index contributed by atoms with van der Waals surface area (Å²) in [6, 6.07) is 10.3. The Bertz CT molecular complexity index is 690. The lowest BCUT2D eigenvalue weighted by Gasteiger charge is -2.58. The highest BCUT2D eigenvalue weighted by atomic mass is 16.7. The molecule has 1 aromatic rings. The smallest absolute Gasteiger partial charge is 0.318 e. The molecule has 0 saturated carbocycles. The maximum Gasteiger partial charge on any atom is 0.335 e. The van der Waals surface area contributed by atoms with Gasteiger partial charge < -0.3 is 4.84 Å². The van der Waals surface area contributed by atoms with Crippen LogP contribution in [0, 0.1) is 5.92 Å². The van der Waals surface area contributed by atoms with E-state index in [2.05, 4.69) is 57.0 Å². The van der Waals surface area contributed by atoms with Crippen LogP contribution in [-0.4, -0.2) is 27.8 Å². The van der Waals surface area contributed by atoms with Crippen LogP contribution in [0.15, 0.2) is 35.5 Å². The van der Waals surface area contributed by atoms with Gasteiger partial charge in [0.25, 0.3) is 0 Å². The van der Waals surface area contributed by atoms with Crippen molar-refractivity contribution in [2.24, 2.45) is 11.1 Å². The number of piperidine rings is 1. The van der Waals surface area contributed by atoms with E-state index in [1.54, 1.807) is 0 Å². The second kappa shape index (κ2) is 7.12. The van der Waals surface area contributed by atoms with E-state index in [9.17, 15) is 4.79 Å². The number of hydrogen-bond donors (Lipinski definition) is 0. The van der Waals surface area contributed by atoms with Crippen molar-refractivity contribution in [2.75, 3.05) is 0 Å². The number of hydrogen-bond acceptors (Lipinski definition) is 5. The first-order chi connectivity index (χ1) is 12.3. The number of fused-ring (bicyclic) bond motifs is 1. The molecule has 5 nitrogen and oxygen atoms in total. The van der Waals surface area contributed by atoms with Gasteiger partial charge in [0.05, 0.1) is 17.7 Å². The van der Waals surface area contributed by atoms with Gasteiger partial charge in [0.15, 0.2) is 0 Å². The Labute approximate surface area is 156 Å². The quantitative estimate of drug-likeness (QED) is 0.720. The molecule has 142 valence electrons. The zero-order valence-electron chi connectivity index (χ0n) is 16.5. The summed E-state index contributed by atoms with van der Waals surface area (Å²) in [6.45, 7) is 10.8. The summed E-state index contributed by atoms with van der Waals surface area (Å²) < 4.78 is 0. The molecule has 0 N–H and O–H groups in total. The van der Waals surface area contributed by atoms with Crippen LogP contribution in [0.1, 0.15) is 72.0 Å². The second-order valence-electron chi connectivity index (χ2n) is 7.99. The molecule has 3 rings (SSSR count). The fourth-order valence-corrected chi connectivity index (χ4v) is 4.30. The molecule has 2 aliphatic rings. The maximum atomic E-state index is 11.9. The van der Waals surface area contributed by atoms with E-state index in [-0.39, 0.29) is 29.1 Å². The molecule has 26 heavy (non-hydrogen) atoms. The third-order valence-corrected chi connectivity index (χ3v) is 6.31. The first kappa shape index (κ1) is 19.1. The topological polar surface area (TPSA) is 51.1 Å². The van der Waals surface area contributed by atoms with Gasteiger partial charge >= 0.3 is 5.97 Å². The Kier molecular flexibility index (Phi) is 5.22. The Morgan fingerprint density at radius 3 is 2.58 bits per heavy atom. The molecule has 0 aromatic heterocycles. The van der Waals surface area contributed by atoms with Gasteiger partial charge in [-0.3, -0.25) is 4.84 Å². The van der Waals surface area contributed by atoms with E-state index < -0.39 is 0 Å². The van der Waals surface area contributed by atoms with Crippen molar-refractivity contribution >= 4 is 11.7 Å². The van der Waals surface area contributed by atoms with Crippen LogP contribution in [0.4, 0.5) is 0 Å². The largest absolute Gasteiger partial charge is 0.335 e. The average molecular weight is 358 g/mol. The molecule has 2 aliphatic heterocycles. The Balaban J connectivity index is 1.98. The summed E-state index contributed by atoms with van der Waals surface area (Å²) in [5.74, 6) is -0.231. The molecule has 0 radical (unpaired) electrons. The Hall–Kier alpha value is -1.72. The highest BCUT2D eigenvalue weighted by Crippen LogP contribution is 2.48. The zero-order chi connectivity index (χ0) is 18.9. The van der Waals surface area contributed by atoms with Crippen molar-refractivity contribution in [3.05, 3.63) is 35.9 Å². The molecular weight excluding hydrogens is 328 g/mol. The monoisotopic (exact) mass is 358 g/mol. The zero-order valence-corrected chi connectivity index (χ0v) is 16.5. The van der Waals surface area contributed by atoms with Crippen LogP contribution in [0.5, 0.6) is 0 Å². The predicted octanol–water partition coefficient (Wildman–Crippen LogP) is 4.64. The van der Waals surface area contributed by atoms with Crippen LogP contribution in [0.2, 0.25) is 0 Å². The van der Waals surface area contributed by atoms with Gasteiger partial charge in [-0.1, -0.05) is 49.3 Å². The molecule has 0 bridgehead atoms. The molecule has 0 aliphatic carbocycles. The van der Waals surface area contributed by atoms with Gasteiger partial charge in [-0.05, 0) is 39.2 Å². The van der Waals surface area contributed by atoms with Gasteiger partial charge in [0, 0.05) is 17.9 Å². The van der Waals surface area contributed by atoms with Gasteiger partial charge in [0.2, 0.25) is 0 Å². The van der Waals surface area contributed by atoms with Gasteiger partial charge in [-0.15, -0.1) is 0 Å². The molecule has 0 amide bonds. The molecule has 1 saturated heterocycles. The third kappa shape index (κ3) is 3.19. The highest BCUT2D eigenvalue weighted by Gasteiger charge is 2.56. The van der Waals surface area contributed by atoms with E-state index in [1.807, 2.05) is 18.2 Å². The number of oxime groups is 1. The Morgan fingerprint density at radius 2 is 1.96 bits per heavy atom. The van der Waals surface area contributed by atoms with Gasteiger partial charge in [-0.25, -0.2) is 4.79 Å². The summed E-state index contributed by atoms with van der Waals surface area (Å²) in [5, 5.41) is 6.36. The molecule has 1 fully saturated rings. The van der Waals surface area contributed by atoms with E-state index in [4.69, 9.17) is 9.68 Å². The summed E-state index contributed by atoms with van der Waals surface area (Å²) in [4.78, 5) is 23.5. The minimum Gasteiger partial charge on any atom is -0.318 e. The Morgan fingerprint density at radius 1 is 1.27 bits per heavy atom. The number of rotatable bonds is 5. The normalized spacial score (nSPS) is 33.2. The number of hydroxylamine groups is 2. The van der Waals surface area contributed by atoms with Crippen molar-refractivity contribution in [1.82, 2.24) is 5.06 Å². The van der Waals surface area contributed by atoms with Crippen molar-refractivity contribution < 1.29 is 14.5 Å². The lowest BCUT2D eigenvalue weighted by atomic mass is 9.68. The van der Waals surface area contributed by atoms with Crippen LogP contribution < -0.4 is 0 Å². The molecule has 2 heterocycles. The number of carbonyl (C=O) groups is 1. The first-order valence-electron chi connectivity index (χ1n) is 9.62. The molecule has 4 atom stereocenters. The molecule has 5 heteroatoms. The lowest BCUT2D eigenvalue weighted by Crippen LogP contribution is -2.68. The SMILES string of the molecule is CCC1(C)CC2=NOC(=O)CC2C(C)(CC)N1OC(C)c1ccccc1.